The second-order valence-corrected chi connectivity index (χ2v) is 12.4. The Hall–Kier alpha value is -1.47. The number of likely N-dealkylation sites (N-methyl/N-ethyl adjacent to an activating group) is 1. The van der Waals surface area contributed by atoms with Crippen LogP contribution in [0.15, 0.2) is 54.6 Å². The van der Waals surface area contributed by atoms with Gasteiger partial charge in [-0.1, -0.05) is 82.6 Å². The first-order valence-corrected chi connectivity index (χ1v) is 14.7. The number of hydrogen-bond acceptors (Lipinski definition) is 6. The van der Waals surface area contributed by atoms with E-state index in [4.69, 9.17) is 9.47 Å². The molecule has 6 heteroatoms. The SMILES string of the molecule is Cc1ccccc1C(OCCN(C)CCOC(=O)CCCC[C@]1(C)CCSS1)c1ccccc1. The molecule has 1 aliphatic heterocycles. The highest BCUT2D eigenvalue weighted by Gasteiger charge is 2.29. The molecule has 2 aromatic rings. The largest absolute Gasteiger partial charge is 0.464 e. The summed E-state index contributed by atoms with van der Waals surface area (Å²) in [4.78, 5) is 14.2. The van der Waals surface area contributed by atoms with Crippen LogP contribution in [-0.2, 0) is 14.3 Å². The van der Waals surface area contributed by atoms with Crippen molar-refractivity contribution in [2.45, 2.75) is 56.8 Å². The molecule has 3 rings (SSSR count). The molecule has 1 heterocycles. The minimum absolute atomic E-state index is 0.0769. The van der Waals surface area contributed by atoms with Gasteiger partial charge in [-0.05, 0) is 56.8 Å². The van der Waals surface area contributed by atoms with Gasteiger partial charge in [-0.15, -0.1) is 0 Å². The molecule has 4 nitrogen and oxygen atoms in total. The molecule has 2 aromatic carbocycles. The van der Waals surface area contributed by atoms with Crippen LogP contribution in [0.1, 0.15) is 61.8 Å². The minimum Gasteiger partial charge on any atom is -0.464 e. The van der Waals surface area contributed by atoms with Crippen LogP contribution >= 0.6 is 21.6 Å². The van der Waals surface area contributed by atoms with Crippen molar-refractivity contribution in [3.8, 4) is 0 Å². The summed E-state index contributed by atoms with van der Waals surface area (Å²) < 4.78 is 12.2. The Labute approximate surface area is 213 Å². The minimum atomic E-state index is -0.0860. The summed E-state index contributed by atoms with van der Waals surface area (Å²) in [6.45, 7) is 7.00. The second kappa shape index (κ2) is 14.2. The summed E-state index contributed by atoms with van der Waals surface area (Å²) in [5, 5.41) is 0. The Morgan fingerprint density at radius 1 is 1.06 bits per heavy atom. The Kier molecular flexibility index (Phi) is 11.3. The van der Waals surface area contributed by atoms with Gasteiger partial charge >= 0.3 is 5.97 Å². The van der Waals surface area contributed by atoms with Crippen LogP contribution in [0.3, 0.4) is 0 Å². The van der Waals surface area contributed by atoms with Crippen LogP contribution in [0.5, 0.6) is 0 Å². The van der Waals surface area contributed by atoms with Gasteiger partial charge in [0.25, 0.3) is 0 Å². The summed E-state index contributed by atoms with van der Waals surface area (Å²) in [6, 6.07) is 18.8. The zero-order valence-corrected chi connectivity index (χ0v) is 22.5. The lowest BCUT2D eigenvalue weighted by atomic mass is 9.97. The quantitative estimate of drug-likeness (QED) is 0.163. The summed E-state index contributed by atoms with van der Waals surface area (Å²) in [5.74, 6) is 1.17. The van der Waals surface area contributed by atoms with Crippen molar-refractivity contribution in [2.24, 2.45) is 0 Å². The van der Waals surface area contributed by atoms with Crippen molar-refractivity contribution >= 4 is 27.6 Å². The maximum Gasteiger partial charge on any atom is 0.305 e. The molecule has 0 saturated carbocycles. The van der Waals surface area contributed by atoms with Gasteiger partial charge in [0, 0.05) is 30.0 Å². The molecule has 0 aliphatic carbocycles. The van der Waals surface area contributed by atoms with Gasteiger partial charge in [0.15, 0.2) is 0 Å². The van der Waals surface area contributed by atoms with Crippen LogP contribution in [0, 0.1) is 6.92 Å². The van der Waals surface area contributed by atoms with E-state index in [1.54, 1.807) is 0 Å². The monoisotopic (exact) mass is 501 g/mol. The van der Waals surface area contributed by atoms with Crippen LogP contribution in [0.25, 0.3) is 0 Å². The van der Waals surface area contributed by atoms with Crippen molar-refractivity contribution in [3.63, 3.8) is 0 Å². The molecule has 0 bridgehead atoms. The summed E-state index contributed by atoms with van der Waals surface area (Å²) in [5.41, 5.74) is 3.59. The van der Waals surface area contributed by atoms with Crippen LogP contribution < -0.4 is 0 Å². The van der Waals surface area contributed by atoms with Gasteiger partial charge in [0.1, 0.15) is 12.7 Å². The van der Waals surface area contributed by atoms with E-state index < -0.39 is 0 Å². The number of ether oxygens (including phenoxy) is 2. The highest BCUT2D eigenvalue weighted by Crippen LogP contribution is 2.49. The van der Waals surface area contributed by atoms with E-state index in [2.05, 4.69) is 67.3 Å². The van der Waals surface area contributed by atoms with E-state index in [0.717, 1.165) is 24.9 Å². The summed E-state index contributed by atoms with van der Waals surface area (Å²) in [6.07, 6.45) is 4.92. The van der Waals surface area contributed by atoms with Gasteiger partial charge in [0.2, 0.25) is 0 Å². The van der Waals surface area contributed by atoms with Gasteiger partial charge < -0.3 is 14.4 Å². The molecule has 0 N–H and O–H groups in total. The van der Waals surface area contributed by atoms with Crippen molar-refractivity contribution in [1.29, 1.82) is 0 Å². The maximum absolute atomic E-state index is 12.1. The van der Waals surface area contributed by atoms with E-state index in [9.17, 15) is 4.79 Å². The Morgan fingerprint density at radius 3 is 2.53 bits per heavy atom. The highest BCUT2D eigenvalue weighted by atomic mass is 33.1. The van der Waals surface area contributed by atoms with E-state index >= 15 is 0 Å². The number of esters is 1. The molecule has 186 valence electrons. The molecule has 1 fully saturated rings. The lowest BCUT2D eigenvalue weighted by Gasteiger charge is -2.23. The fourth-order valence-electron chi connectivity index (χ4n) is 4.12. The lowest BCUT2D eigenvalue weighted by molar-refractivity contribution is -0.144. The third-order valence-electron chi connectivity index (χ3n) is 6.38. The number of carbonyl (C=O) groups is 1. The maximum atomic E-state index is 12.1. The lowest BCUT2D eigenvalue weighted by Crippen LogP contribution is -2.28. The standard InChI is InChI=1S/C28H39NO3S2/c1-23-11-7-8-14-25(23)27(24-12-5-4-6-13-24)32-21-19-29(3)18-20-31-26(30)15-9-10-16-28(2)17-22-33-34-28/h4-8,11-14,27H,9-10,15-22H2,1-3H3/t27?,28-/m1/s1. The predicted octanol–water partition coefficient (Wildman–Crippen LogP) is 6.68. The molecule has 1 unspecified atom stereocenters. The average Bonchev–Trinajstić information content (AvgIpc) is 3.27. The first kappa shape index (κ1) is 27.1. The van der Waals surface area contributed by atoms with Crippen LogP contribution in [-0.4, -0.2) is 54.7 Å². The molecule has 1 saturated heterocycles. The first-order chi connectivity index (χ1) is 16.5. The van der Waals surface area contributed by atoms with E-state index in [1.165, 1.54) is 29.7 Å². The molecule has 0 spiro atoms. The van der Waals surface area contributed by atoms with Gasteiger partial charge in [-0.25, -0.2) is 0 Å². The molecule has 0 aromatic heterocycles. The van der Waals surface area contributed by atoms with Crippen molar-refractivity contribution < 1.29 is 14.3 Å². The van der Waals surface area contributed by atoms with Crippen LogP contribution in [0.4, 0.5) is 0 Å². The van der Waals surface area contributed by atoms with E-state index in [1.807, 2.05) is 34.7 Å². The van der Waals surface area contributed by atoms with Gasteiger partial charge in [0.05, 0.1) is 6.61 Å². The Balaban J connectivity index is 1.33. The number of nitrogens with zero attached hydrogens (tertiary/aromatic N) is 1. The second-order valence-electron chi connectivity index (χ2n) is 9.35. The number of rotatable bonds is 14. The number of carbonyl (C=O) groups excluding carboxylic acids is 1. The molecule has 34 heavy (non-hydrogen) atoms. The number of benzene rings is 2. The highest BCUT2D eigenvalue weighted by molar-refractivity contribution is 8.77. The molecular weight excluding hydrogens is 462 g/mol. The molecular formula is C28H39NO3S2. The third-order valence-corrected chi connectivity index (χ3v) is 9.74. The van der Waals surface area contributed by atoms with E-state index in [0.29, 0.717) is 30.9 Å². The smallest absolute Gasteiger partial charge is 0.305 e. The average molecular weight is 502 g/mol. The fraction of sp³-hybridized carbons (Fsp3) is 0.536. The molecule has 0 amide bonds. The van der Waals surface area contributed by atoms with Gasteiger partial charge in [-0.2, -0.15) is 0 Å². The third kappa shape index (κ3) is 8.95. The Morgan fingerprint density at radius 2 is 1.79 bits per heavy atom. The van der Waals surface area contributed by atoms with Gasteiger partial charge in [-0.3, -0.25) is 4.79 Å². The van der Waals surface area contributed by atoms with Crippen molar-refractivity contribution in [3.05, 3.63) is 71.3 Å². The fourth-order valence-corrected chi connectivity index (χ4v) is 7.42. The predicted molar refractivity (Wildman–Crippen MR) is 145 cm³/mol. The molecule has 2 atom stereocenters. The first-order valence-electron chi connectivity index (χ1n) is 12.3. The van der Waals surface area contributed by atoms with Crippen LogP contribution in [0.2, 0.25) is 0 Å². The summed E-state index contributed by atoms with van der Waals surface area (Å²) >= 11 is 0. The number of hydrogen-bond donors (Lipinski definition) is 0. The molecule has 1 aliphatic rings. The number of unbranched alkanes of at least 4 members (excludes halogenated alkanes) is 1. The van der Waals surface area contributed by atoms with Crippen molar-refractivity contribution in [1.82, 2.24) is 4.90 Å². The van der Waals surface area contributed by atoms with Crippen molar-refractivity contribution in [2.75, 3.05) is 39.1 Å². The Bertz CT molecular complexity index is 871. The summed E-state index contributed by atoms with van der Waals surface area (Å²) in [7, 11) is 6.03. The number of aryl methyl sites for hydroxylation is 1. The normalized spacial score (nSPS) is 18.8. The zero-order valence-electron chi connectivity index (χ0n) is 20.8. The van der Waals surface area contributed by atoms with E-state index in [-0.39, 0.29) is 12.1 Å². The topological polar surface area (TPSA) is 38.8 Å². The molecule has 0 radical (unpaired) electrons. The zero-order chi connectivity index (χ0) is 24.2.